The Kier molecular flexibility index (Phi) is 8.66. The molecule has 0 radical (unpaired) electrons. The van der Waals surface area contributed by atoms with Gasteiger partial charge in [0.1, 0.15) is 0 Å². The van der Waals surface area contributed by atoms with Crippen molar-refractivity contribution >= 4 is 17.6 Å². The first kappa shape index (κ1) is 25.4. The molecular weight excluding hydrogens is 450 g/mol. The highest BCUT2D eigenvalue weighted by atomic mass is 16.2. The van der Waals surface area contributed by atoms with E-state index in [0.717, 1.165) is 29.1 Å². The molecule has 3 aromatic rings. The van der Waals surface area contributed by atoms with E-state index in [1.54, 1.807) is 4.90 Å². The summed E-state index contributed by atoms with van der Waals surface area (Å²) in [5.74, 6) is 1.16. The molecule has 1 fully saturated rings. The number of carbonyl (C=O) groups excluding carboxylic acids is 2. The molecule has 0 N–H and O–H groups in total. The van der Waals surface area contributed by atoms with E-state index in [-0.39, 0.29) is 18.4 Å². The van der Waals surface area contributed by atoms with Gasteiger partial charge in [-0.3, -0.25) is 9.59 Å². The topological polar surface area (TPSA) is 69.6 Å². The molecule has 1 aromatic heterocycles. The van der Waals surface area contributed by atoms with Gasteiger partial charge in [-0.1, -0.05) is 80.9 Å². The highest BCUT2D eigenvalue weighted by molar-refractivity contribution is 5.86. The second-order valence-electron chi connectivity index (χ2n) is 9.46. The Labute approximate surface area is 213 Å². The fourth-order valence-electron chi connectivity index (χ4n) is 4.35. The molecule has 0 unspecified atom stereocenters. The molecule has 0 saturated carbocycles. The van der Waals surface area contributed by atoms with Gasteiger partial charge in [0.2, 0.25) is 11.8 Å². The monoisotopic (exact) mass is 485 g/mol. The van der Waals surface area contributed by atoms with E-state index in [2.05, 4.69) is 28.9 Å². The van der Waals surface area contributed by atoms with Crippen molar-refractivity contribution in [1.29, 1.82) is 0 Å². The van der Waals surface area contributed by atoms with Gasteiger partial charge in [0.05, 0.1) is 18.7 Å². The van der Waals surface area contributed by atoms with Gasteiger partial charge in [-0.2, -0.15) is 0 Å². The van der Waals surface area contributed by atoms with E-state index < -0.39 is 0 Å². The van der Waals surface area contributed by atoms with Gasteiger partial charge >= 0.3 is 0 Å². The number of benzene rings is 2. The average molecular weight is 486 g/mol. The largest absolute Gasteiger partial charge is 0.352 e. The summed E-state index contributed by atoms with van der Waals surface area (Å²) in [7, 11) is 0. The van der Waals surface area contributed by atoms with Gasteiger partial charge in [-0.15, -0.1) is 10.2 Å². The molecule has 4 rings (SSSR count). The van der Waals surface area contributed by atoms with Gasteiger partial charge < -0.3 is 14.7 Å². The normalized spacial score (nSPS) is 14.4. The molecule has 0 bridgehead atoms. The van der Waals surface area contributed by atoms with E-state index in [4.69, 9.17) is 0 Å². The summed E-state index contributed by atoms with van der Waals surface area (Å²) in [5.41, 5.74) is 2.85. The Morgan fingerprint density at radius 1 is 0.889 bits per heavy atom. The molecule has 1 aliphatic heterocycles. The molecule has 2 amide bonds. The number of rotatable bonds is 9. The van der Waals surface area contributed by atoms with E-state index in [9.17, 15) is 9.59 Å². The summed E-state index contributed by atoms with van der Waals surface area (Å²) in [6.07, 6.45) is 1.28. The quantitative estimate of drug-likeness (QED) is 0.460. The Balaban J connectivity index is 1.33. The highest BCUT2D eigenvalue weighted by Crippen LogP contribution is 2.19. The summed E-state index contributed by atoms with van der Waals surface area (Å²) in [4.78, 5) is 32.0. The molecule has 188 valence electrons. The van der Waals surface area contributed by atoms with Crippen LogP contribution in [0.5, 0.6) is 0 Å². The third-order valence-corrected chi connectivity index (χ3v) is 6.78. The summed E-state index contributed by atoms with van der Waals surface area (Å²) in [5, 5.41) is 8.81. The summed E-state index contributed by atoms with van der Waals surface area (Å²) in [6.45, 7) is 7.54. The van der Waals surface area contributed by atoms with Gasteiger partial charge in [-0.25, -0.2) is 0 Å². The van der Waals surface area contributed by atoms with Crippen molar-refractivity contribution in [1.82, 2.24) is 20.0 Å². The van der Waals surface area contributed by atoms with E-state index in [0.29, 0.717) is 45.1 Å². The molecule has 7 heteroatoms. The van der Waals surface area contributed by atoms with Crippen molar-refractivity contribution in [3.8, 4) is 11.3 Å². The first-order valence-electron chi connectivity index (χ1n) is 12.8. The molecule has 2 heterocycles. The van der Waals surface area contributed by atoms with Crippen molar-refractivity contribution in [3.05, 3.63) is 78.4 Å². The predicted molar refractivity (Wildman–Crippen MR) is 142 cm³/mol. The number of hydrogen-bond donors (Lipinski definition) is 0. The second-order valence-corrected chi connectivity index (χ2v) is 9.46. The van der Waals surface area contributed by atoms with Crippen LogP contribution in [0, 0.1) is 5.92 Å². The fraction of sp³-hybridized carbons (Fsp3) is 0.379. The van der Waals surface area contributed by atoms with Crippen molar-refractivity contribution in [3.63, 3.8) is 0 Å². The zero-order chi connectivity index (χ0) is 25.3. The van der Waals surface area contributed by atoms with Crippen LogP contribution in [0.1, 0.15) is 25.8 Å². The molecular formula is C29H35N5O2. The van der Waals surface area contributed by atoms with E-state index in [1.165, 1.54) is 0 Å². The number of anilines is 1. The lowest BCUT2D eigenvalue weighted by atomic mass is 10.1. The fourth-order valence-corrected chi connectivity index (χ4v) is 4.35. The minimum absolute atomic E-state index is 0.00210. The van der Waals surface area contributed by atoms with Crippen LogP contribution in [0.3, 0.4) is 0 Å². The van der Waals surface area contributed by atoms with Crippen LogP contribution in [0.4, 0.5) is 5.82 Å². The number of piperazine rings is 1. The second kappa shape index (κ2) is 12.3. The third kappa shape index (κ3) is 6.68. The SMILES string of the molecule is CC[C@H](C)CN(CC(=O)N1CCN(c2ccc(-c3ccccc3)nn2)CC1)C(=O)Cc1ccccc1. The minimum Gasteiger partial charge on any atom is -0.352 e. The lowest BCUT2D eigenvalue weighted by molar-refractivity contribution is -0.140. The van der Waals surface area contributed by atoms with Gasteiger partial charge in [0.15, 0.2) is 5.82 Å². The smallest absolute Gasteiger partial charge is 0.242 e. The minimum atomic E-state index is 0.00210. The Morgan fingerprint density at radius 2 is 1.56 bits per heavy atom. The van der Waals surface area contributed by atoms with Gasteiger partial charge in [0.25, 0.3) is 0 Å². The van der Waals surface area contributed by atoms with Crippen molar-refractivity contribution < 1.29 is 9.59 Å². The molecule has 2 aromatic carbocycles. The van der Waals surface area contributed by atoms with E-state index >= 15 is 0 Å². The standard InChI is InChI=1S/C29H35N5O2/c1-3-23(2)21-34(28(35)20-24-10-6-4-7-11-24)22-29(36)33-18-16-32(17-19-33)27-15-14-26(30-31-27)25-12-8-5-9-13-25/h4-15,23H,3,16-22H2,1-2H3/t23-/m0/s1. The number of carbonyl (C=O) groups is 2. The molecule has 36 heavy (non-hydrogen) atoms. The first-order chi connectivity index (χ1) is 17.5. The first-order valence-corrected chi connectivity index (χ1v) is 12.8. The number of amides is 2. The maximum absolute atomic E-state index is 13.2. The Bertz CT molecular complexity index is 1110. The Morgan fingerprint density at radius 3 is 2.17 bits per heavy atom. The number of aromatic nitrogens is 2. The zero-order valence-corrected chi connectivity index (χ0v) is 21.2. The maximum Gasteiger partial charge on any atom is 0.242 e. The van der Waals surface area contributed by atoms with Gasteiger partial charge in [0, 0.05) is 38.3 Å². The molecule has 1 atom stereocenters. The molecule has 1 aliphatic rings. The summed E-state index contributed by atoms with van der Waals surface area (Å²) < 4.78 is 0. The van der Waals surface area contributed by atoms with Crippen molar-refractivity contribution in [2.45, 2.75) is 26.7 Å². The third-order valence-electron chi connectivity index (χ3n) is 6.78. The molecule has 0 aliphatic carbocycles. The van der Waals surface area contributed by atoms with Crippen LogP contribution >= 0.6 is 0 Å². The number of nitrogens with zero attached hydrogens (tertiary/aromatic N) is 5. The molecule has 0 spiro atoms. The van der Waals surface area contributed by atoms with Crippen LogP contribution in [-0.2, 0) is 16.0 Å². The summed E-state index contributed by atoms with van der Waals surface area (Å²) in [6, 6.07) is 23.7. The maximum atomic E-state index is 13.2. The lowest BCUT2D eigenvalue weighted by Crippen LogP contribution is -2.52. The van der Waals surface area contributed by atoms with Crippen LogP contribution < -0.4 is 4.90 Å². The van der Waals surface area contributed by atoms with Crippen LogP contribution in [-0.4, -0.2) is 71.1 Å². The van der Waals surface area contributed by atoms with E-state index in [1.807, 2.05) is 77.7 Å². The van der Waals surface area contributed by atoms with Crippen LogP contribution in [0.15, 0.2) is 72.8 Å². The van der Waals surface area contributed by atoms with Crippen LogP contribution in [0.2, 0.25) is 0 Å². The van der Waals surface area contributed by atoms with Gasteiger partial charge in [-0.05, 0) is 23.6 Å². The van der Waals surface area contributed by atoms with Crippen molar-refractivity contribution in [2.24, 2.45) is 5.92 Å². The molecule has 1 saturated heterocycles. The van der Waals surface area contributed by atoms with Crippen LogP contribution in [0.25, 0.3) is 11.3 Å². The number of hydrogen-bond acceptors (Lipinski definition) is 5. The zero-order valence-electron chi connectivity index (χ0n) is 21.2. The lowest BCUT2D eigenvalue weighted by Gasteiger charge is -2.36. The highest BCUT2D eigenvalue weighted by Gasteiger charge is 2.26. The van der Waals surface area contributed by atoms with Crippen molar-refractivity contribution in [2.75, 3.05) is 44.2 Å². The average Bonchev–Trinajstić information content (AvgIpc) is 2.93. The Hall–Kier alpha value is -3.74. The summed E-state index contributed by atoms with van der Waals surface area (Å²) >= 11 is 0. The predicted octanol–water partition coefficient (Wildman–Crippen LogP) is 3.91. The molecule has 7 nitrogen and oxygen atoms in total.